The molecule has 1 heterocycles. The number of rotatable bonds is 7. The van der Waals surface area contributed by atoms with Crippen LogP contribution >= 0.6 is 0 Å². The number of hydrogen-bond acceptors (Lipinski definition) is 3. The molecule has 2 atom stereocenters. The van der Waals surface area contributed by atoms with Gasteiger partial charge in [-0.25, -0.2) is 0 Å². The molecule has 144 valence electrons. The fourth-order valence-electron chi connectivity index (χ4n) is 3.72. The number of anilines is 1. The van der Waals surface area contributed by atoms with Crippen molar-refractivity contribution >= 4 is 31.0 Å². The molecule has 1 saturated heterocycles. The first-order chi connectivity index (χ1) is 12.4. The minimum atomic E-state index is -0.742. The van der Waals surface area contributed by atoms with Gasteiger partial charge in [-0.2, -0.15) is 0 Å². The van der Waals surface area contributed by atoms with E-state index >= 15 is 0 Å². The highest BCUT2D eigenvalue weighted by atomic mass is 16.2. The van der Waals surface area contributed by atoms with Gasteiger partial charge in [0.15, 0.2) is 7.85 Å². The van der Waals surface area contributed by atoms with Crippen LogP contribution in [-0.2, 0) is 19.8 Å². The van der Waals surface area contributed by atoms with Crippen molar-refractivity contribution in [2.75, 3.05) is 4.90 Å². The molecular weight excluding hydrogens is 337 g/mol. The fourth-order valence-corrected chi connectivity index (χ4v) is 3.72. The van der Waals surface area contributed by atoms with Gasteiger partial charge >= 0.3 is 0 Å². The molecule has 0 aliphatic carbocycles. The number of amides is 2. The van der Waals surface area contributed by atoms with Crippen molar-refractivity contribution in [2.24, 2.45) is 17.3 Å². The molecule has 0 bridgehead atoms. The maximum absolute atomic E-state index is 12.8. The second-order valence-corrected chi connectivity index (χ2v) is 8.81. The lowest BCUT2D eigenvalue weighted by molar-refractivity contribution is -0.123. The minimum Gasteiger partial charge on any atom is -0.312 e. The van der Waals surface area contributed by atoms with Crippen molar-refractivity contribution in [3.8, 4) is 0 Å². The van der Waals surface area contributed by atoms with E-state index < -0.39 is 10.8 Å². The third kappa shape index (κ3) is 3.74. The molecule has 27 heavy (non-hydrogen) atoms. The molecule has 0 N–H and O–H groups in total. The van der Waals surface area contributed by atoms with Crippen LogP contribution in [-0.4, -0.2) is 25.3 Å². The zero-order valence-electron chi connectivity index (χ0n) is 17.3. The van der Waals surface area contributed by atoms with Gasteiger partial charge in [0.05, 0.1) is 17.3 Å². The maximum atomic E-state index is 12.8. The molecule has 1 aromatic carbocycles. The second kappa shape index (κ2) is 7.61. The summed E-state index contributed by atoms with van der Waals surface area (Å²) < 4.78 is 0. The number of benzene rings is 1. The quantitative estimate of drug-likeness (QED) is 0.541. The highest BCUT2D eigenvalue weighted by Crippen LogP contribution is 2.42. The summed E-state index contributed by atoms with van der Waals surface area (Å²) in [5.74, 6) is -0.281. The van der Waals surface area contributed by atoms with Crippen LogP contribution < -0.4 is 4.90 Å². The van der Waals surface area contributed by atoms with Gasteiger partial charge in [0.25, 0.3) is 0 Å². The van der Waals surface area contributed by atoms with Crippen molar-refractivity contribution in [1.29, 1.82) is 0 Å². The summed E-state index contributed by atoms with van der Waals surface area (Å²) in [5.41, 5.74) is -0.0739. The van der Waals surface area contributed by atoms with E-state index in [1.165, 1.54) is 4.90 Å². The normalized spacial score (nSPS) is 19.5. The Kier molecular flexibility index (Phi) is 6.03. The van der Waals surface area contributed by atoms with Crippen molar-refractivity contribution in [2.45, 2.75) is 66.2 Å². The Balaban J connectivity index is 2.29. The molecule has 4 nitrogen and oxygen atoms in total. The summed E-state index contributed by atoms with van der Waals surface area (Å²) in [7, 11) is 5.59. The largest absolute Gasteiger partial charge is 0.312 e. The second-order valence-electron chi connectivity index (χ2n) is 8.81. The summed E-state index contributed by atoms with van der Waals surface area (Å²) in [4.78, 5) is 38.5. The lowest BCUT2D eigenvalue weighted by atomic mass is 9.58. The molecule has 1 aliphatic heterocycles. The third-order valence-electron chi connectivity index (χ3n) is 6.64. The summed E-state index contributed by atoms with van der Waals surface area (Å²) in [6, 6.07) is 7.33. The molecule has 2 rings (SSSR count). The molecule has 1 aliphatic rings. The van der Waals surface area contributed by atoms with Crippen LogP contribution in [0.25, 0.3) is 0 Å². The standard InChI is InChI=1S/C22H30BNO3/c1-7-8-14(2)17-13-18(25)24(19(17)26)16-11-9-15(10-12-16)21(3,4)22(5,6)20(23)27/h9-12,14,17H,7-8,13H2,1-6H3. The van der Waals surface area contributed by atoms with E-state index in [0.717, 1.165) is 18.4 Å². The van der Waals surface area contributed by atoms with Crippen LogP contribution in [0.1, 0.15) is 66.4 Å². The first-order valence-corrected chi connectivity index (χ1v) is 9.72. The van der Waals surface area contributed by atoms with Gasteiger partial charge in [-0.3, -0.25) is 14.5 Å². The van der Waals surface area contributed by atoms with Gasteiger partial charge in [-0.1, -0.05) is 66.5 Å². The maximum Gasteiger partial charge on any atom is 0.237 e. The number of carbonyl (C=O) groups is 3. The average molecular weight is 367 g/mol. The van der Waals surface area contributed by atoms with E-state index in [4.69, 9.17) is 7.85 Å². The monoisotopic (exact) mass is 367 g/mol. The molecule has 0 spiro atoms. The van der Waals surface area contributed by atoms with Crippen LogP contribution in [0.5, 0.6) is 0 Å². The van der Waals surface area contributed by atoms with Crippen molar-refractivity contribution in [3.05, 3.63) is 29.8 Å². The van der Waals surface area contributed by atoms with Crippen LogP contribution in [0.15, 0.2) is 24.3 Å². The first kappa shape index (κ1) is 21.4. The Morgan fingerprint density at radius 3 is 2.22 bits per heavy atom. The molecule has 2 unspecified atom stereocenters. The van der Waals surface area contributed by atoms with E-state index in [1.807, 2.05) is 46.8 Å². The fraction of sp³-hybridized carbons (Fsp3) is 0.591. The Labute approximate surface area is 164 Å². The highest BCUT2D eigenvalue weighted by molar-refractivity contribution is 6.59. The number of hydrogen-bond donors (Lipinski definition) is 0. The Hall–Kier alpha value is -1.91. The molecule has 1 aromatic rings. The summed E-state index contributed by atoms with van der Waals surface area (Å²) in [6.45, 7) is 11.7. The van der Waals surface area contributed by atoms with E-state index in [-0.39, 0.29) is 35.8 Å². The lowest BCUT2D eigenvalue weighted by Crippen LogP contribution is -2.43. The van der Waals surface area contributed by atoms with Gasteiger partial charge < -0.3 is 4.79 Å². The van der Waals surface area contributed by atoms with Gasteiger partial charge in [0.1, 0.15) is 0 Å². The van der Waals surface area contributed by atoms with E-state index in [1.54, 1.807) is 12.1 Å². The summed E-state index contributed by atoms with van der Waals surface area (Å²) in [5, 5.41) is 0. The zero-order chi connectivity index (χ0) is 20.6. The number of nitrogens with zero attached hydrogens (tertiary/aromatic N) is 1. The van der Waals surface area contributed by atoms with Gasteiger partial charge in [0.2, 0.25) is 11.8 Å². The first-order valence-electron chi connectivity index (χ1n) is 9.72. The van der Waals surface area contributed by atoms with Gasteiger partial charge in [-0.05, 0) is 23.6 Å². The Morgan fingerprint density at radius 1 is 1.19 bits per heavy atom. The van der Waals surface area contributed by atoms with Crippen LogP contribution in [0.2, 0.25) is 0 Å². The highest BCUT2D eigenvalue weighted by Gasteiger charge is 2.43. The van der Waals surface area contributed by atoms with Crippen molar-refractivity contribution in [3.63, 3.8) is 0 Å². The molecular formula is C22H30BNO3. The zero-order valence-corrected chi connectivity index (χ0v) is 17.3. The SMILES string of the molecule is [B]C(=O)C(C)(C)C(C)(C)c1ccc(N2C(=O)CC(C(C)CCC)C2=O)cc1. The Morgan fingerprint density at radius 2 is 1.74 bits per heavy atom. The predicted octanol–water partition coefficient (Wildman–Crippen LogP) is 4.00. The minimum absolute atomic E-state index is 0.106. The molecule has 1 fully saturated rings. The molecule has 0 aromatic heterocycles. The van der Waals surface area contributed by atoms with E-state index in [2.05, 4.69) is 6.92 Å². The Bertz CT molecular complexity index is 736. The summed E-state index contributed by atoms with van der Waals surface area (Å²) >= 11 is 0. The van der Waals surface area contributed by atoms with Gasteiger partial charge in [0, 0.05) is 17.3 Å². The third-order valence-corrected chi connectivity index (χ3v) is 6.64. The van der Waals surface area contributed by atoms with Crippen molar-refractivity contribution < 1.29 is 14.4 Å². The lowest BCUT2D eigenvalue weighted by Gasteiger charge is -2.41. The molecule has 2 amide bonds. The molecule has 0 saturated carbocycles. The van der Waals surface area contributed by atoms with Crippen LogP contribution in [0.3, 0.4) is 0 Å². The van der Waals surface area contributed by atoms with Crippen molar-refractivity contribution in [1.82, 2.24) is 0 Å². The molecule has 2 radical (unpaired) electrons. The van der Waals surface area contributed by atoms with Crippen LogP contribution in [0.4, 0.5) is 5.69 Å². The van der Waals surface area contributed by atoms with Gasteiger partial charge in [-0.15, -0.1) is 0 Å². The average Bonchev–Trinajstić information content (AvgIpc) is 2.89. The van der Waals surface area contributed by atoms with Crippen LogP contribution in [0, 0.1) is 17.3 Å². The van der Waals surface area contributed by atoms with E-state index in [0.29, 0.717) is 5.69 Å². The predicted molar refractivity (Wildman–Crippen MR) is 109 cm³/mol. The van der Waals surface area contributed by atoms with E-state index in [9.17, 15) is 14.4 Å². The molecule has 5 heteroatoms. The summed E-state index contributed by atoms with van der Waals surface area (Å²) in [6.07, 6.45) is 2.22. The smallest absolute Gasteiger partial charge is 0.237 e. The number of imide groups is 1. The topological polar surface area (TPSA) is 54.5 Å². The number of carbonyl (C=O) groups excluding carboxylic acids is 3.